The van der Waals surface area contributed by atoms with E-state index in [-0.39, 0.29) is 0 Å². The maximum Gasteiger partial charge on any atom is 0.323 e. The molecular formula is C11H15N5O2S. The van der Waals surface area contributed by atoms with Crippen molar-refractivity contribution in [3.8, 4) is 0 Å². The Kier molecular flexibility index (Phi) is 4.01. The van der Waals surface area contributed by atoms with Crippen LogP contribution in [0, 0.1) is 0 Å². The van der Waals surface area contributed by atoms with Gasteiger partial charge in [0.1, 0.15) is 22.4 Å². The number of hydrogen-bond acceptors (Lipinski definition) is 6. The van der Waals surface area contributed by atoms with E-state index in [9.17, 15) is 4.79 Å². The van der Waals surface area contributed by atoms with E-state index in [1.165, 1.54) is 25.0 Å². The molecule has 0 spiro atoms. The number of nitrogens with zero attached hydrogens (tertiary/aromatic N) is 3. The smallest absolute Gasteiger partial charge is 0.323 e. The lowest BCUT2D eigenvalue weighted by molar-refractivity contribution is -0.142. The molecule has 0 amide bonds. The van der Waals surface area contributed by atoms with Gasteiger partial charge in [-0.3, -0.25) is 4.79 Å². The molecule has 7 nitrogen and oxygen atoms in total. The zero-order chi connectivity index (χ0) is 13.9. The van der Waals surface area contributed by atoms with Crippen LogP contribution in [0.2, 0.25) is 0 Å². The molecule has 0 aliphatic carbocycles. The van der Waals surface area contributed by atoms with Crippen molar-refractivity contribution in [2.75, 3.05) is 5.75 Å². The predicted molar refractivity (Wildman–Crippen MR) is 71.9 cm³/mol. The fourth-order valence-electron chi connectivity index (χ4n) is 1.57. The summed E-state index contributed by atoms with van der Waals surface area (Å²) in [4.78, 5) is 26.1. The Hall–Kier alpha value is -1.67. The van der Waals surface area contributed by atoms with Gasteiger partial charge in [-0.2, -0.15) is 0 Å². The lowest BCUT2D eigenvalue weighted by Crippen LogP contribution is -2.44. The fraction of sp³-hybridized carbons (Fsp3) is 0.455. The summed E-state index contributed by atoms with van der Waals surface area (Å²) in [6.07, 6.45) is 4.16. The molecule has 0 saturated heterocycles. The van der Waals surface area contributed by atoms with E-state index in [0.717, 1.165) is 16.3 Å². The molecule has 102 valence electrons. The van der Waals surface area contributed by atoms with Gasteiger partial charge in [-0.1, -0.05) is 0 Å². The van der Waals surface area contributed by atoms with Crippen LogP contribution < -0.4 is 5.73 Å². The zero-order valence-electron chi connectivity index (χ0n) is 10.5. The molecule has 2 rings (SSSR count). The van der Waals surface area contributed by atoms with Gasteiger partial charge in [0.2, 0.25) is 0 Å². The lowest BCUT2D eigenvalue weighted by atomic mass is 9.98. The highest BCUT2D eigenvalue weighted by Crippen LogP contribution is 2.23. The molecular weight excluding hydrogens is 266 g/mol. The third-order valence-electron chi connectivity index (χ3n) is 2.76. The topological polar surface area (TPSA) is 118 Å². The van der Waals surface area contributed by atoms with Gasteiger partial charge in [-0.15, -0.1) is 11.8 Å². The minimum Gasteiger partial charge on any atom is -0.480 e. The summed E-state index contributed by atoms with van der Waals surface area (Å²) in [5, 5.41) is 9.72. The number of carbonyl (C=O) groups is 1. The number of carboxylic acids is 1. The molecule has 2 aromatic heterocycles. The molecule has 8 heteroatoms. The first-order valence-electron chi connectivity index (χ1n) is 5.80. The molecule has 4 N–H and O–H groups in total. The maximum absolute atomic E-state index is 10.9. The minimum atomic E-state index is -1.17. The number of aliphatic carboxylic acids is 1. The van der Waals surface area contributed by atoms with Crippen molar-refractivity contribution in [1.29, 1.82) is 0 Å². The van der Waals surface area contributed by atoms with Crippen LogP contribution in [0.1, 0.15) is 19.8 Å². The quantitative estimate of drug-likeness (QED) is 0.411. The van der Waals surface area contributed by atoms with Gasteiger partial charge in [0.15, 0.2) is 5.65 Å². The molecule has 0 bridgehead atoms. The van der Waals surface area contributed by atoms with E-state index in [2.05, 4.69) is 19.9 Å². The molecule has 2 aromatic rings. The molecule has 2 heterocycles. The number of fused-ring (bicyclic) bond motifs is 1. The third kappa shape index (κ3) is 3.21. The Bertz CT molecular complexity index is 583. The van der Waals surface area contributed by atoms with Gasteiger partial charge < -0.3 is 15.8 Å². The van der Waals surface area contributed by atoms with Crippen molar-refractivity contribution >= 4 is 28.9 Å². The van der Waals surface area contributed by atoms with Crippen LogP contribution in [-0.4, -0.2) is 42.3 Å². The number of nitrogens with two attached hydrogens (primary N) is 1. The number of H-pyrrole nitrogens is 1. The van der Waals surface area contributed by atoms with E-state index in [0.29, 0.717) is 18.5 Å². The Morgan fingerprint density at radius 2 is 2.32 bits per heavy atom. The summed E-state index contributed by atoms with van der Waals surface area (Å²) >= 11 is 1.54. The number of hydrogen-bond donors (Lipinski definition) is 3. The van der Waals surface area contributed by atoms with Crippen molar-refractivity contribution in [2.24, 2.45) is 5.73 Å². The van der Waals surface area contributed by atoms with E-state index < -0.39 is 11.5 Å². The normalized spacial score (nSPS) is 14.4. The fourth-order valence-corrected chi connectivity index (χ4v) is 2.47. The van der Waals surface area contributed by atoms with Crippen molar-refractivity contribution in [3.05, 3.63) is 12.7 Å². The highest BCUT2D eigenvalue weighted by atomic mass is 32.2. The maximum atomic E-state index is 10.9. The Balaban J connectivity index is 1.90. The number of nitrogens with one attached hydrogen (secondary N) is 1. The van der Waals surface area contributed by atoms with Crippen LogP contribution in [0.3, 0.4) is 0 Å². The summed E-state index contributed by atoms with van der Waals surface area (Å²) in [5.74, 6) is -0.235. The number of carboxylic acid groups (broad SMARTS) is 1. The van der Waals surface area contributed by atoms with E-state index in [1.807, 2.05) is 0 Å². The van der Waals surface area contributed by atoms with Gasteiger partial charge in [-0.25, -0.2) is 15.0 Å². The number of aromatic amines is 1. The molecule has 0 fully saturated rings. The van der Waals surface area contributed by atoms with E-state index >= 15 is 0 Å². The average Bonchev–Trinajstić information content (AvgIpc) is 2.83. The van der Waals surface area contributed by atoms with Crippen molar-refractivity contribution in [2.45, 2.75) is 30.3 Å². The van der Waals surface area contributed by atoms with Crippen molar-refractivity contribution in [3.63, 3.8) is 0 Å². The number of thioether (sulfide) groups is 1. The van der Waals surface area contributed by atoms with Crippen LogP contribution >= 0.6 is 11.8 Å². The highest BCUT2D eigenvalue weighted by molar-refractivity contribution is 7.99. The molecule has 1 atom stereocenters. The lowest BCUT2D eigenvalue weighted by Gasteiger charge is -2.18. The first kappa shape index (κ1) is 13.8. The number of rotatable bonds is 6. The highest BCUT2D eigenvalue weighted by Gasteiger charge is 2.26. The molecule has 0 aliphatic heterocycles. The second-order valence-electron chi connectivity index (χ2n) is 4.45. The molecule has 0 aromatic carbocycles. The van der Waals surface area contributed by atoms with Crippen LogP contribution in [0.15, 0.2) is 17.7 Å². The monoisotopic (exact) mass is 281 g/mol. The third-order valence-corrected chi connectivity index (χ3v) is 3.83. The second-order valence-corrected chi connectivity index (χ2v) is 5.54. The zero-order valence-corrected chi connectivity index (χ0v) is 11.3. The number of imidazole rings is 1. The summed E-state index contributed by atoms with van der Waals surface area (Å²) < 4.78 is 0. The summed E-state index contributed by atoms with van der Waals surface area (Å²) in [6, 6.07) is 0. The van der Waals surface area contributed by atoms with Crippen LogP contribution in [0.5, 0.6) is 0 Å². The molecule has 0 saturated carbocycles. The van der Waals surface area contributed by atoms with Gasteiger partial charge in [0.25, 0.3) is 0 Å². The first-order chi connectivity index (χ1) is 9.00. The van der Waals surface area contributed by atoms with Crippen LogP contribution in [0.4, 0.5) is 0 Å². The van der Waals surface area contributed by atoms with Gasteiger partial charge in [0, 0.05) is 0 Å². The number of aromatic nitrogens is 4. The van der Waals surface area contributed by atoms with Crippen LogP contribution in [-0.2, 0) is 4.79 Å². The summed E-state index contributed by atoms with van der Waals surface area (Å²) in [6.45, 7) is 1.53. The largest absolute Gasteiger partial charge is 0.480 e. The predicted octanol–water partition coefficient (Wildman–Crippen LogP) is 1.03. The van der Waals surface area contributed by atoms with Crippen molar-refractivity contribution < 1.29 is 9.90 Å². The molecule has 19 heavy (non-hydrogen) atoms. The standard InChI is InChI=1S/C11H15N5O2S/c1-11(12,10(17)18)3-2-4-19-9-7-8(14-5-13-7)15-6-16-9/h5-6H,2-4,12H2,1H3,(H,17,18)(H,13,14,15,16). The average molecular weight is 281 g/mol. The van der Waals surface area contributed by atoms with E-state index in [4.69, 9.17) is 10.8 Å². The van der Waals surface area contributed by atoms with Gasteiger partial charge in [-0.05, 0) is 25.5 Å². The first-order valence-corrected chi connectivity index (χ1v) is 6.78. The Labute approximate surface area is 114 Å². The summed E-state index contributed by atoms with van der Waals surface area (Å²) in [5.41, 5.74) is 5.93. The second kappa shape index (κ2) is 5.54. The molecule has 0 aliphatic rings. The molecule has 1 unspecified atom stereocenters. The molecule has 0 radical (unpaired) electrons. The van der Waals surface area contributed by atoms with Gasteiger partial charge >= 0.3 is 5.97 Å². The SMILES string of the molecule is CC(N)(CCCSc1ncnc2nc[nH]c12)C(=O)O. The van der Waals surface area contributed by atoms with Crippen LogP contribution in [0.25, 0.3) is 11.2 Å². The summed E-state index contributed by atoms with van der Waals surface area (Å²) in [7, 11) is 0. The Morgan fingerprint density at radius 1 is 1.53 bits per heavy atom. The van der Waals surface area contributed by atoms with Crippen molar-refractivity contribution in [1.82, 2.24) is 19.9 Å². The van der Waals surface area contributed by atoms with Gasteiger partial charge in [0.05, 0.1) is 6.33 Å². The Morgan fingerprint density at radius 3 is 3.05 bits per heavy atom. The van der Waals surface area contributed by atoms with E-state index in [1.54, 1.807) is 6.33 Å². The minimum absolute atomic E-state index is 0.423.